The van der Waals surface area contributed by atoms with Crippen LogP contribution in [0.2, 0.25) is 0 Å². The second-order valence-corrected chi connectivity index (χ2v) is 4.62. The van der Waals surface area contributed by atoms with Crippen LogP contribution in [0.1, 0.15) is 5.56 Å². The molecule has 0 aliphatic carbocycles. The van der Waals surface area contributed by atoms with Crippen LogP contribution >= 0.6 is 0 Å². The van der Waals surface area contributed by atoms with Crippen molar-refractivity contribution < 1.29 is 9.47 Å². The fourth-order valence-electron chi connectivity index (χ4n) is 2.73. The molecule has 0 aliphatic rings. The van der Waals surface area contributed by atoms with E-state index in [0.29, 0.717) is 0 Å². The van der Waals surface area contributed by atoms with Gasteiger partial charge < -0.3 is 9.47 Å². The first-order valence-corrected chi connectivity index (χ1v) is 6.29. The van der Waals surface area contributed by atoms with E-state index < -0.39 is 0 Å². The maximum absolute atomic E-state index is 5.48. The minimum atomic E-state index is 0.908. The molecule has 0 atom stereocenters. The summed E-state index contributed by atoms with van der Waals surface area (Å²) in [7, 11) is 3.42. The van der Waals surface area contributed by atoms with Gasteiger partial charge in [-0.3, -0.25) is 0 Å². The quantitative estimate of drug-likeness (QED) is 0.632. The van der Waals surface area contributed by atoms with Gasteiger partial charge in [-0.2, -0.15) is 0 Å². The summed E-state index contributed by atoms with van der Waals surface area (Å²) in [6.07, 6.45) is 0. The number of benzene rings is 3. The van der Waals surface area contributed by atoms with Crippen LogP contribution in [0, 0.1) is 6.92 Å². The van der Waals surface area contributed by atoms with Crippen LogP contribution < -0.4 is 9.47 Å². The van der Waals surface area contributed by atoms with E-state index in [-0.39, 0.29) is 0 Å². The molecule has 0 heterocycles. The molecule has 3 rings (SSSR count). The van der Waals surface area contributed by atoms with Crippen LogP contribution in [-0.2, 0) is 0 Å². The molecule has 0 amide bonds. The zero-order valence-corrected chi connectivity index (χ0v) is 11.4. The lowest BCUT2D eigenvalue weighted by molar-refractivity contribution is 0.419. The van der Waals surface area contributed by atoms with Crippen molar-refractivity contribution in [3.05, 3.63) is 48.0 Å². The Bertz CT molecular complexity index is 760. The Morgan fingerprint density at radius 3 is 2.21 bits per heavy atom. The first-order chi connectivity index (χ1) is 9.26. The standard InChI is InChI=1S/C17H16O2/c1-11-13-7-5-8-15(18-2)14(13)10-12-6-4-9-16(19-3)17(11)12/h4-10H,1-3H3. The second-order valence-electron chi connectivity index (χ2n) is 4.62. The summed E-state index contributed by atoms with van der Waals surface area (Å²) in [5, 5.41) is 4.69. The summed E-state index contributed by atoms with van der Waals surface area (Å²) in [5.41, 5.74) is 1.23. The van der Waals surface area contributed by atoms with Gasteiger partial charge in [0.05, 0.1) is 14.2 Å². The molecule has 0 spiro atoms. The van der Waals surface area contributed by atoms with E-state index in [0.717, 1.165) is 16.9 Å². The van der Waals surface area contributed by atoms with E-state index in [1.807, 2.05) is 24.3 Å². The Balaban J connectivity index is 2.52. The summed E-state index contributed by atoms with van der Waals surface area (Å²) in [5.74, 6) is 1.82. The first kappa shape index (κ1) is 11.8. The third kappa shape index (κ3) is 1.72. The Morgan fingerprint density at radius 2 is 1.47 bits per heavy atom. The van der Waals surface area contributed by atoms with Gasteiger partial charge in [0, 0.05) is 10.8 Å². The van der Waals surface area contributed by atoms with Crippen LogP contribution in [0.5, 0.6) is 11.5 Å². The second kappa shape index (κ2) is 4.47. The fraction of sp³-hybridized carbons (Fsp3) is 0.176. The summed E-state index contributed by atoms with van der Waals surface area (Å²) in [4.78, 5) is 0. The van der Waals surface area contributed by atoms with E-state index >= 15 is 0 Å². The van der Waals surface area contributed by atoms with Gasteiger partial charge in [-0.15, -0.1) is 0 Å². The Kier molecular flexibility index (Phi) is 2.79. The smallest absolute Gasteiger partial charge is 0.126 e. The third-order valence-corrected chi connectivity index (χ3v) is 3.64. The Labute approximate surface area is 112 Å². The summed E-state index contributed by atoms with van der Waals surface area (Å²) >= 11 is 0. The molecule has 0 bridgehead atoms. The fourth-order valence-corrected chi connectivity index (χ4v) is 2.73. The van der Waals surface area contributed by atoms with Crippen molar-refractivity contribution in [3.8, 4) is 11.5 Å². The van der Waals surface area contributed by atoms with Gasteiger partial charge in [0.2, 0.25) is 0 Å². The lowest BCUT2D eigenvalue weighted by atomic mass is 9.96. The van der Waals surface area contributed by atoms with Gasteiger partial charge in [-0.25, -0.2) is 0 Å². The molecule has 0 saturated carbocycles. The summed E-state index contributed by atoms with van der Waals surface area (Å²) in [6, 6.07) is 14.4. The molecule has 2 heteroatoms. The average Bonchev–Trinajstić information content (AvgIpc) is 2.46. The molecule has 96 valence electrons. The normalized spacial score (nSPS) is 10.9. The molecule has 0 radical (unpaired) electrons. The lowest BCUT2D eigenvalue weighted by Crippen LogP contribution is -1.91. The molecular weight excluding hydrogens is 236 g/mol. The minimum Gasteiger partial charge on any atom is -0.496 e. The molecule has 2 nitrogen and oxygen atoms in total. The predicted molar refractivity (Wildman–Crippen MR) is 79.3 cm³/mol. The summed E-state index contributed by atoms with van der Waals surface area (Å²) < 4.78 is 10.9. The lowest BCUT2D eigenvalue weighted by Gasteiger charge is -2.13. The van der Waals surface area contributed by atoms with Gasteiger partial charge in [0.15, 0.2) is 0 Å². The van der Waals surface area contributed by atoms with E-state index in [2.05, 4.69) is 25.1 Å². The highest BCUT2D eigenvalue weighted by Crippen LogP contribution is 2.37. The highest BCUT2D eigenvalue weighted by molar-refractivity contribution is 6.06. The van der Waals surface area contributed by atoms with Gasteiger partial charge in [-0.1, -0.05) is 24.3 Å². The van der Waals surface area contributed by atoms with E-state index in [9.17, 15) is 0 Å². The van der Waals surface area contributed by atoms with Gasteiger partial charge in [0.1, 0.15) is 11.5 Å². The van der Waals surface area contributed by atoms with Gasteiger partial charge >= 0.3 is 0 Å². The van der Waals surface area contributed by atoms with Crippen molar-refractivity contribution in [2.24, 2.45) is 0 Å². The molecule has 0 aromatic heterocycles. The van der Waals surface area contributed by atoms with Crippen molar-refractivity contribution in [2.75, 3.05) is 14.2 Å². The number of fused-ring (bicyclic) bond motifs is 2. The molecule has 0 N–H and O–H groups in total. The van der Waals surface area contributed by atoms with Crippen LogP contribution in [0.3, 0.4) is 0 Å². The minimum absolute atomic E-state index is 0.908. The van der Waals surface area contributed by atoms with Crippen molar-refractivity contribution >= 4 is 21.5 Å². The zero-order chi connectivity index (χ0) is 13.4. The Hall–Kier alpha value is -2.22. The van der Waals surface area contributed by atoms with Crippen molar-refractivity contribution in [2.45, 2.75) is 6.92 Å². The van der Waals surface area contributed by atoms with Crippen molar-refractivity contribution in [1.29, 1.82) is 0 Å². The molecule has 0 saturated heterocycles. The third-order valence-electron chi connectivity index (χ3n) is 3.64. The maximum atomic E-state index is 5.48. The molecule has 0 unspecified atom stereocenters. The molecule has 3 aromatic carbocycles. The Morgan fingerprint density at radius 1 is 0.789 bits per heavy atom. The largest absolute Gasteiger partial charge is 0.496 e. The number of ether oxygens (including phenoxy) is 2. The zero-order valence-electron chi connectivity index (χ0n) is 11.4. The van der Waals surface area contributed by atoms with Crippen molar-refractivity contribution in [3.63, 3.8) is 0 Å². The highest BCUT2D eigenvalue weighted by Gasteiger charge is 2.10. The van der Waals surface area contributed by atoms with Crippen LogP contribution in [0.15, 0.2) is 42.5 Å². The van der Waals surface area contributed by atoms with Gasteiger partial charge in [0.25, 0.3) is 0 Å². The SMILES string of the molecule is COc1cccc2c(C)c3c(OC)cccc3cc12. The molecular formula is C17H16O2. The maximum Gasteiger partial charge on any atom is 0.126 e. The van der Waals surface area contributed by atoms with Crippen molar-refractivity contribution in [1.82, 2.24) is 0 Å². The van der Waals surface area contributed by atoms with E-state index in [1.54, 1.807) is 14.2 Å². The molecule has 19 heavy (non-hydrogen) atoms. The predicted octanol–water partition coefficient (Wildman–Crippen LogP) is 4.32. The number of rotatable bonds is 2. The first-order valence-electron chi connectivity index (χ1n) is 6.29. The number of methoxy groups -OCH3 is 2. The van der Waals surface area contributed by atoms with Crippen LogP contribution in [0.25, 0.3) is 21.5 Å². The number of hydrogen-bond acceptors (Lipinski definition) is 2. The molecule has 0 fully saturated rings. The van der Waals surface area contributed by atoms with Crippen LogP contribution in [-0.4, -0.2) is 14.2 Å². The van der Waals surface area contributed by atoms with E-state index in [4.69, 9.17) is 9.47 Å². The monoisotopic (exact) mass is 252 g/mol. The number of aryl methyl sites for hydroxylation is 1. The average molecular weight is 252 g/mol. The van der Waals surface area contributed by atoms with Crippen LogP contribution in [0.4, 0.5) is 0 Å². The highest BCUT2D eigenvalue weighted by atomic mass is 16.5. The molecule has 0 aliphatic heterocycles. The molecule has 3 aromatic rings. The topological polar surface area (TPSA) is 18.5 Å². The summed E-state index contributed by atoms with van der Waals surface area (Å²) in [6.45, 7) is 2.13. The van der Waals surface area contributed by atoms with Gasteiger partial charge in [-0.05, 0) is 41.5 Å². The number of hydrogen-bond donors (Lipinski definition) is 0. The van der Waals surface area contributed by atoms with E-state index in [1.165, 1.54) is 21.7 Å².